The van der Waals surface area contributed by atoms with Gasteiger partial charge >= 0.3 is 7.12 Å². The predicted octanol–water partition coefficient (Wildman–Crippen LogP) is 13.4. The highest BCUT2D eigenvalue weighted by atomic mass is 16.7. The molecule has 1 aliphatic heterocycles. The average molecular weight is 780 g/mol. The lowest BCUT2D eigenvalue weighted by Gasteiger charge is -2.35. The van der Waals surface area contributed by atoms with E-state index in [0.717, 1.165) is 17.1 Å². The highest BCUT2D eigenvalue weighted by Gasteiger charge is 2.59. The van der Waals surface area contributed by atoms with E-state index in [4.69, 9.17) is 9.31 Å². The number of benzene rings is 7. The van der Waals surface area contributed by atoms with Gasteiger partial charge in [0.15, 0.2) is 0 Å². The maximum atomic E-state index is 6.89. The van der Waals surface area contributed by atoms with Gasteiger partial charge in [-0.25, -0.2) is 0 Å². The van der Waals surface area contributed by atoms with E-state index < -0.39 is 23.6 Å². The lowest BCUT2D eigenvalue weighted by atomic mass is 9.51. The first kappa shape index (κ1) is 36.5. The van der Waals surface area contributed by atoms with E-state index >= 15 is 0 Å². The van der Waals surface area contributed by atoms with E-state index in [1.165, 1.54) is 66.0 Å². The molecule has 0 radical (unpaired) electrons. The van der Waals surface area contributed by atoms with Gasteiger partial charge in [0, 0.05) is 44.3 Å². The molecule has 1 saturated heterocycles. The number of para-hydroxylation sites is 4. The van der Waals surface area contributed by atoms with Crippen molar-refractivity contribution < 1.29 is 9.31 Å². The van der Waals surface area contributed by atoms with E-state index in [2.05, 4.69) is 230 Å². The molecule has 1 atom stereocenters. The Hall–Kier alpha value is -6.60. The molecule has 2 aromatic heterocycles. The topological polar surface area (TPSA) is 40.3 Å². The Kier molecular flexibility index (Phi) is 8.35. The highest BCUT2D eigenvalue weighted by molar-refractivity contribution is 6.51. The summed E-state index contributed by atoms with van der Waals surface area (Å²) >= 11 is 0. The van der Waals surface area contributed by atoms with E-state index in [-0.39, 0.29) is 0 Å². The molecule has 2 aliphatic rings. The van der Waals surface area contributed by atoms with Gasteiger partial charge in [0.2, 0.25) is 0 Å². The first-order valence-corrected chi connectivity index (χ1v) is 21.0. The molecular formula is C54H46BN3O2. The molecule has 0 spiro atoms. The summed E-state index contributed by atoms with van der Waals surface area (Å²) in [5.41, 5.74) is 11.8. The maximum Gasteiger partial charge on any atom is 0.473 e. The van der Waals surface area contributed by atoms with Crippen LogP contribution in [0.25, 0.3) is 66.1 Å². The van der Waals surface area contributed by atoms with Crippen LogP contribution in [-0.2, 0) is 14.6 Å². The summed E-state index contributed by atoms with van der Waals surface area (Å²) in [6.07, 6.45) is 7.52. The Labute approximate surface area is 351 Å². The number of hydrogen-bond donors (Lipinski definition) is 1. The first-order chi connectivity index (χ1) is 29.2. The molecule has 0 saturated carbocycles. The van der Waals surface area contributed by atoms with E-state index in [1.807, 2.05) is 0 Å². The third kappa shape index (κ3) is 5.77. The molecule has 1 N–H and O–H groups in total. The number of hydrogen-bond acceptors (Lipinski definition) is 3. The van der Waals surface area contributed by atoms with Crippen molar-refractivity contribution in [1.82, 2.24) is 9.13 Å². The molecule has 9 aromatic rings. The highest BCUT2D eigenvalue weighted by Crippen LogP contribution is 2.48. The van der Waals surface area contributed by atoms with Gasteiger partial charge in [-0.15, -0.1) is 0 Å². The number of anilines is 1. The lowest BCUT2D eigenvalue weighted by molar-refractivity contribution is 0.00578. The minimum atomic E-state index is -0.549. The van der Waals surface area contributed by atoms with Crippen LogP contribution >= 0.6 is 0 Å². The molecular weight excluding hydrogens is 733 g/mol. The predicted molar refractivity (Wildman–Crippen MR) is 250 cm³/mol. The summed E-state index contributed by atoms with van der Waals surface area (Å²) in [7, 11) is -0.477. The summed E-state index contributed by atoms with van der Waals surface area (Å²) in [5, 5.41) is 8.10. The second-order valence-electron chi connectivity index (χ2n) is 17.4. The number of fused-ring (bicyclic) bond motifs is 6. The van der Waals surface area contributed by atoms with E-state index in [1.54, 1.807) is 0 Å². The lowest BCUT2D eigenvalue weighted by Crippen LogP contribution is -2.45. The minimum Gasteiger partial charge on any atom is -0.402 e. The van der Waals surface area contributed by atoms with E-state index in [0.29, 0.717) is 6.42 Å². The smallest absolute Gasteiger partial charge is 0.402 e. The van der Waals surface area contributed by atoms with Gasteiger partial charge in [-0.2, -0.15) is 0 Å². The second-order valence-corrected chi connectivity index (χ2v) is 17.4. The molecule has 7 aromatic carbocycles. The van der Waals surface area contributed by atoms with Crippen LogP contribution in [0.1, 0.15) is 39.7 Å². The van der Waals surface area contributed by atoms with Crippen LogP contribution in [0.4, 0.5) is 5.69 Å². The molecule has 292 valence electrons. The van der Waals surface area contributed by atoms with Crippen molar-refractivity contribution >= 4 is 56.4 Å². The standard InChI is InChI=1S/C54H46BN3O2/c1-52(2)53(3,4)60-55(59-52)54(39-26-30-51-47(36-39)45-20-12-14-22-49(45)58(51)43-17-9-6-10-18-43)33-31-41(32-34-54)56-40-27-23-37(24-28-40)38-25-29-50-46(35-38)44-19-11-13-21-48(44)57(50)42-15-7-5-8-16-42/h5-33,35-36,56H,34H2,1-4H3. The first-order valence-electron chi connectivity index (χ1n) is 21.0. The summed E-state index contributed by atoms with van der Waals surface area (Å²) < 4.78 is 18.5. The summed E-state index contributed by atoms with van der Waals surface area (Å²) in [5.74, 6) is 0. The van der Waals surface area contributed by atoms with Crippen LogP contribution < -0.4 is 5.32 Å². The van der Waals surface area contributed by atoms with Crippen molar-refractivity contribution in [2.24, 2.45) is 0 Å². The van der Waals surface area contributed by atoms with Crippen LogP contribution in [0.3, 0.4) is 0 Å². The van der Waals surface area contributed by atoms with Crippen LogP contribution in [0, 0.1) is 0 Å². The molecule has 6 heteroatoms. The molecule has 60 heavy (non-hydrogen) atoms. The van der Waals surface area contributed by atoms with Crippen molar-refractivity contribution in [2.75, 3.05) is 5.32 Å². The Morgan fingerprint density at radius 2 is 1.00 bits per heavy atom. The fourth-order valence-corrected chi connectivity index (χ4v) is 9.36. The SMILES string of the molecule is CC1(C)OB(C2(c3ccc4c(c3)c3ccccc3n4-c3ccccc3)C=CC(Nc3ccc(-c4ccc5c(c4)c4ccccc4n5-c4ccccc4)cc3)=CC2)OC1(C)C. The summed E-state index contributed by atoms with van der Waals surface area (Å²) in [6, 6.07) is 61.1. The number of nitrogens with zero attached hydrogens (tertiary/aromatic N) is 2. The fraction of sp³-hybridized carbons (Fsp3) is 0.148. The average Bonchev–Trinajstić information content (AvgIpc) is 3.87. The second kappa shape index (κ2) is 13.7. The van der Waals surface area contributed by atoms with Gasteiger partial charge < -0.3 is 23.8 Å². The molecule has 0 amide bonds. The molecule has 1 fully saturated rings. The third-order valence-corrected chi connectivity index (χ3v) is 13.3. The van der Waals surface area contributed by atoms with Gasteiger partial charge in [-0.3, -0.25) is 0 Å². The zero-order valence-electron chi connectivity index (χ0n) is 34.4. The van der Waals surface area contributed by atoms with Gasteiger partial charge in [0.1, 0.15) is 0 Å². The Bertz CT molecular complexity index is 3140. The Morgan fingerprint density at radius 3 is 1.57 bits per heavy atom. The van der Waals surface area contributed by atoms with Gasteiger partial charge in [-0.05, 0) is 130 Å². The molecule has 1 aliphatic carbocycles. The van der Waals surface area contributed by atoms with Crippen molar-refractivity contribution in [1.29, 1.82) is 0 Å². The number of aromatic nitrogens is 2. The Morgan fingerprint density at radius 1 is 0.500 bits per heavy atom. The maximum absolute atomic E-state index is 6.89. The molecule has 0 bridgehead atoms. The third-order valence-electron chi connectivity index (χ3n) is 13.3. The van der Waals surface area contributed by atoms with Crippen LogP contribution in [0.5, 0.6) is 0 Å². The molecule has 1 unspecified atom stereocenters. The Balaban J connectivity index is 0.913. The normalized spacial score (nSPS) is 18.5. The van der Waals surface area contributed by atoms with E-state index in [9.17, 15) is 0 Å². The minimum absolute atomic E-state index is 0.473. The number of allylic oxidation sites excluding steroid dienone is 3. The van der Waals surface area contributed by atoms with Crippen LogP contribution in [0.15, 0.2) is 194 Å². The zero-order valence-corrected chi connectivity index (χ0v) is 34.4. The monoisotopic (exact) mass is 779 g/mol. The van der Waals surface area contributed by atoms with Gasteiger partial charge in [0.05, 0.1) is 38.6 Å². The summed E-state index contributed by atoms with van der Waals surface area (Å²) in [4.78, 5) is 0. The van der Waals surface area contributed by atoms with Crippen LogP contribution in [0.2, 0.25) is 0 Å². The van der Waals surface area contributed by atoms with Crippen LogP contribution in [-0.4, -0.2) is 27.5 Å². The fourth-order valence-electron chi connectivity index (χ4n) is 9.36. The largest absolute Gasteiger partial charge is 0.473 e. The summed E-state index contributed by atoms with van der Waals surface area (Å²) in [6.45, 7) is 8.55. The molecule has 3 heterocycles. The molecule has 5 nitrogen and oxygen atoms in total. The number of nitrogens with one attached hydrogen (secondary N) is 1. The quantitative estimate of drug-likeness (QED) is 0.164. The van der Waals surface area contributed by atoms with Crippen molar-refractivity contribution in [3.8, 4) is 22.5 Å². The molecule has 11 rings (SSSR count). The van der Waals surface area contributed by atoms with Crippen molar-refractivity contribution in [3.05, 3.63) is 199 Å². The van der Waals surface area contributed by atoms with Crippen molar-refractivity contribution in [2.45, 2.75) is 50.6 Å². The zero-order chi connectivity index (χ0) is 40.6. The van der Waals surface area contributed by atoms with Gasteiger partial charge in [-0.1, -0.05) is 109 Å². The number of rotatable bonds is 7. The van der Waals surface area contributed by atoms with Gasteiger partial charge in [0.25, 0.3) is 0 Å². The van der Waals surface area contributed by atoms with Crippen molar-refractivity contribution in [3.63, 3.8) is 0 Å².